The summed E-state index contributed by atoms with van der Waals surface area (Å²) < 4.78 is 13.2. The third-order valence-corrected chi connectivity index (χ3v) is 3.66. The van der Waals surface area contributed by atoms with Gasteiger partial charge in [0.15, 0.2) is 0 Å². The molecule has 0 aliphatic heterocycles. The van der Waals surface area contributed by atoms with Gasteiger partial charge in [-0.3, -0.25) is 4.79 Å². The molecular weight excluding hydrogens is 343 g/mol. The monoisotopic (exact) mass is 356 g/mol. The zero-order valence-corrected chi connectivity index (χ0v) is 14.0. The van der Waals surface area contributed by atoms with Crippen LogP contribution < -0.4 is 10.6 Å². The molecule has 2 N–H and O–H groups in total. The Hall–Kier alpha value is -2.99. The Kier molecular flexibility index (Phi) is 4.90. The number of nitrogens with one attached hydrogen (secondary N) is 2. The second-order valence-electron chi connectivity index (χ2n) is 5.37. The Labute approximate surface area is 148 Å². The SMILES string of the molecule is Cc1cccc(Nc2cc(C(=O)Nc3ccc(F)c(Cl)c3)ncn2)c1. The summed E-state index contributed by atoms with van der Waals surface area (Å²) in [5.74, 6) is -0.508. The highest BCUT2D eigenvalue weighted by Crippen LogP contribution is 2.20. The number of carbonyl (C=O) groups excluding carboxylic acids is 1. The van der Waals surface area contributed by atoms with E-state index in [1.165, 1.54) is 30.6 Å². The van der Waals surface area contributed by atoms with Crippen LogP contribution in [-0.2, 0) is 0 Å². The molecule has 1 heterocycles. The molecule has 0 bridgehead atoms. The van der Waals surface area contributed by atoms with Crippen molar-refractivity contribution in [3.63, 3.8) is 0 Å². The molecule has 5 nitrogen and oxygen atoms in total. The Morgan fingerprint density at radius 2 is 1.92 bits per heavy atom. The maximum absolute atomic E-state index is 13.2. The Morgan fingerprint density at radius 1 is 1.08 bits per heavy atom. The zero-order chi connectivity index (χ0) is 17.8. The fourth-order valence-electron chi connectivity index (χ4n) is 2.19. The number of hydrogen-bond acceptors (Lipinski definition) is 4. The quantitative estimate of drug-likeness (QED) is 0.718. The summed E-state index contributed by atoms with van der Waals surface area (Å²) in [6.07, 6.45) is 1.30. The molecule has 0 aliphatic rings. The van der Waals surface area contributed by atoms with E-state index in [0.717, 1.165) is 11.3 Å². The number of hydrogen-bond donors (Lipinski definition) is 2. The molecule has 0 unspecified atom stereocenters. The van der Waals surface area contributed by atoms with Crippen LogP contribution in [-0.4, -0.2) is 15.9 Å². The molecule has 0 aliphatic carbocycles. The molecule has 0 fully saturated rings. The highest BCUT2D eigenvalue weighted by atomic mass is 35.5. The van der Waals surface area contributed by atoms with Gasteiger partial charge in [-0.2, -0.15) is 0 Å². The number of carbonyl (C=O) groups is 1. The minimum atomic E-state index is -0.550. The average molecular weight is 357 g/mol. The lowest BCUT2D eigenvalue weighted by molar-refractivity contribution is 0.102. The topological polar surface area (TPSA) is 66.9 Å². The molecule has 2 aromatic carbocycles. The molecule has 0 spiro atoms. The van der Waals surface area contributed by atoms with Crippen molar-refractivity contribution >= 4 is 34.7 Å². The van der Waals surface area contributed by atoms with Crippen LogP contribution in [0.25, 0.3) is 0 Å². The van der Waals surface area contributed by atoms with Crippen LogP contribution in [0.5, 0.6) is 0 Å². The maximum Gasteiger partial charge on any atom is 0.274 e. The van der Waals surface area contributed by atoms with Crippen molar-refractivity contribution in [2.24, 2.45) is 0 Å². The van der Waals surface area contributed by atoms with E-state index in [1.54, 1.807) is 0 Å². The fourth-order valence-corrected chi connectivity index (χ4v) is 2.37. The highest BCUT2D eigenvalue weighted by molar-refractivity contribution is 6.31. The second kappa shape index (κ2) is 7.27. The van der Waals surface area contributed by atoms with Crippen molar-refractivity contribution in [1.29, 1.82) is 0 Å². The van der Waals surface area contributed by atoms with E-state index in [1.807, 2.05) is 31.2 Å². The van der Waals surface area contributed by atoms with Gasteiger partial charge in [-0.05, 0) is 42.8 Å². The molecule has 3 aromatic rings. The molecule has 0 saturated carbocycles. The van der Waals surface area contributed by atoms with Gasteiger partial charge in [-0.1, -0.05) is 23.7 Å². The largest absolute Gasteiger partial charge is 0.340 e. The molecule has 7 heteroatoms. The first kappa shape index (κ1) is 16.9. The minimum absolute atomic E-state index is 0.0673. The summed E-state index contributed by atoms with van der Waals surface area (Å²) in [5, 5.41) is 5.67. The second-order valence-corrected chi connectivity index (χ2v) is 5.77. The number of aryl methyl sites for hydroxylation is 1. The van der Waals surface area contributed by atoms with Crippen LogP contribution in [0.15, 0.2) is 54.9 Å². The van der Waals surface area contributed by atoms with E-state index >= 15 is 0 Å². The number of benzene rings is 2. The van der Waals surface area contributed by atoms with Gasteiger partial charge in [0.25, 0.3) is 5.91 Å². The van der Waals surface area contributed by atoms with Gasteiger partial charge in [0.05, 0.1) is 5.02 Å². The van der Waals surface area contributed by atoms with Gasteiger partial charge in [0.2, 0.25) is 0 Å². The molecule has 1 aromatic heterocycles. The summed E-state index contributed by atoms with van der Waals surface area (Å²) in [6, 6.07) is 13.2. The molecule has 126 valence electrons. The van der Waals surface area contributed by atoms with Crippen LogP contribution in [0.4, 0.5) is 21.6 Å². The Balaban J connectivity index is 1.76. The Morgan fingerprint density at radius 3 is 2.68 bits per heavy atom. The van der Waals surface area contributed by atoms with Crippen molar-refractivity contribution in [2.75, 3.05) is 10.6 Å². The van der Waals surface area contributed by atoms with E-state index in [-0.39, 0.29) is 10.7 Å². The van der Waals surface area contributed by atoms with E-state index in [4.69, 9.17) is 11.6 Å². The lowest BCUT2D eigenvalue weighted by atomic mass is 10.2. The van der Waals surface area contributed by atoms with Gasteiger partial charge in [-0.15, -0.1) is 0 Å². The van der Waals surface area contributed by atoms with Gasteiger partial charge >= 0.3 is 0 Å². The number of anilines is 3. The number of nitrogens with zero attached hydrogens (tertiary/aromatic N) is 2. The third kappa shape index (κ3) is 4.30. The number of halogens is 2. The standard InChI is InChI=1S/C18H14ClFN4O/c1-11-3-2-4-12(7-11)23-17-9-16(21-10-22-17)18(25)24-13-5-6-15(20)14(19)8-13/h2-10H,1H3,(H,24,25)(H,21,22,23). The van der Waals surface area contributed by atoms with Crippen molar-refractivity contribution in [2.45, 2.75) is 6.92 Å². The summed E-state index contributed by atoms with van der Waals surface area (Å²) in [4.78, 5) is 20.4. The summed E-state index contributed by atoms with van der Waals surface area (Å²) in [7, 11) is 0. The molecule has 0 atom stereocenters. The molecule has 0 radical (unpaired) electrons. The molecule has 0 saturated heterocycles. The third-order valence-electron chi connectivity index (χ3n) is 3.37. The minimum Gasteiger partial charge on any atom is -0.340 e. The van der Waals surface area contributed by atoms with Gasteiger partial charge < -0.3 is 10.6 Å². The van der Waals surface area contributed by atoms with Gasteiger partial charge in [0.1, 0.15) is 23.7 Å². The summed E-state index contributed by atoms with van der Waals surface area (Å²) >= 11 is 5.71. The van der Waals surface area contributed by atoms with Crippen LogP contribution in [0.1, 0.15) is 16.1 Å². The van der Waals surface area contributed by atoms with Crippen LogP contribution in [0, 0.1) is 12.7 Å². The predicted molar refractivity (Wildman–Crippen MR) is 95.9 cm³/mol. The molecule has 25 heavy (non-hydrogen) atoms. The first-order valence-electron chi connectivity index (χ1n) is 7.43. The number of amides is 1. The number of rotatable bonds is 4. The molecule has 3 rings (SSSR count). The van der Waals surface area contributed by atoms with Crippen molar-refractivity contribution in [1.82, 2.24) is 9.97 Å². The Bertz CT molecular complexity index is 932. The maximum atomic E-state index is 13.2. The first-order chi connectivity index (χ1) is 12.0. The van der Waals surface area contributed by atoms with Crippen LogP contribution in [0.3, 0.4) is 0 Å². The van der Waals surface area contributed by atoms with E-state index in [9.17, 15) is 9.18 Å². The van der Waals surface area contributed by atoms with Crippen molar-refractivity contribution in [3.8, 4) is 0 Å². The average Bonchev–Trinajstić information content (AvgIpc) is 2.58. The smallest absolute Gasteiger partial charge is 0.274 e. The summed E-state index contributed by atoms with van der Waals surface area (Å²) in [5.41, 5.74) is 2.51. The van der Waals surface area contributed by atoms with E-state index < -0.39 is 11.7 Å². The highest BCUT2D eigenvalue weighted by Gasteiger charge is 2.10. The van der Waals surface area contributed by atoms with Gasteiger partial charge in [-0.25, -0.2) is 14.4 Å². The normalized spacial score (nSPS) is 10.4. The summed E-state index contributed by atoms with van der Waals surface area (Å²) in [6.45, 7) is 1.98. The lowest BCUT2D eigenvalue weighted by Gasteiger charge is -2.08. The first-order valence-corrected chi connectivity index (χ1v) is 7.81. The number of aromatic nitrogens is 2. The molecular formula is C18H14ClFN4O. The zero-order valence-electron chi connectivity index (χ0n) is 13.3. The van der Waals surface area contributed by atoms with Gasteiger partial charge in [0, 0.05) is 17.4 Å². The molecule has 1 amide bonds. The van der Waals surface area contributed by atoms with Crippen molar-refractivity contribution in [3.05, 3.63) is 77.0 Å². The van der Waals surface area contributed by atoms with E-state index in [0.29, 0.717) is 11.5 Å². The lowest BCUT2D eigenvalue weighted by Crippen LogP contribution is -2.14. The van der Waals surface area contributed by atoms with Crippen LogP contribution in [0.2, 0.25) is 5.02 Å². The van der Waals surface area contributed by atoms with E-state index in [2.05, 4.69) is 20.6 Å². The van der Waals surface area contributed by atoms with Crippen LogP contribution >= 0.6 is 11.6 Å². The van der Waals surface area contributed by atoms with Crippen molar-refractivity contribution < 1.29 is 9.18 Å². The fraction of sp³-hybridized carbons (Fsp3) is 0.0556. The predicted octanol–water partition coefficient (Wildman–Crippen LogP) is 4.57.